The number of nitrogens with one attached hydrogen (secondary N) is 1. The zero-order valence-corrected chi connectivity index (χ0v) is 9.42. The quantitative estimate of drug-likeness (QED) is 0.787. The highest BCUT2D eigenvalue weighted by Crippen LogP contribution is 2.22. The van der Waals surface area contributed by atoms with Gasteiger partial charge in [-0.1, -0.05) is 49.2 Å². The van der Waals surface area contributed by atoms with Gasteiger partial charge in [0.1, 0.15) is 0 Å². The molecule has 0 amide bonds. The minimum absolute atomic E-state index is 0.246. The lowest BCUT2D eigenvalue weighted by molar-refractivity contribution is 0.595. The molecule has 0 atom stereocenters. The summed E-state index contributed by atoms with van der Waals surface area (Å²) in [6.07, 6.45) is 0. The van der Waals surface area contributed by atoms with E-state index in [0.717, 1.165) is 5.39 Å². The van der Waals surface area contributed by atoms with Crippen LogP contribution in [0.1, 0.15) is 0 Å². The van der Waals surface area contributed by atoms with Crippen molar-refractivity contribution >= 4 is 33.6 Å². The van der Waals surface area contributed by atoms with Gasteiger partial charge in [0, 0.05) is 5.39 Å². The first kappa shape index (κ1) is 10.5. The van der Waals surface area contributed by atoms with E-state index in [1.807, 2.05) is 22.3 Å². The predicted molar refractivity (Wildman–Crippen MR) is 63.3 cm³/mol. The lowest BCUT2D eigenvalue weighted by atomic mass is 10.1. The highest BCUT2D eigenvalue weighted by atomic mass is 32.3. The number of thiol groups is 1. The lowest BCUT2D eigenvalue weighted by Gasteiger charge is -2.05. The number of sulfonamides is 1. The van der Waals surface area contributed by atoms with Gasteiger partial charge < -0.3 is 0 Å². The van der Waals surface area contributed by atoms with Crippen LogP contribution >= 0.6 is 12.8 Å². The summed E-state index contributed by atoms with van der Waals surface area (Å²) in [5.41, 5.74) is 0. The molecule has 0 aliphatic rings. The van der Waals surface area contributed by atoms with Gasteiger partial charge in [0.2, 0.25) is 10.0 Å². The summed E-state index contributed by atoms with van der Waals surface area (Å²) in [7, 11) is -3.51. The van der Waals surface area contributed by atoms with E-state index in [1.54, 1.807) is 24.3 Å². The smallest absolute Gasteiger partial charge is 0.206 e. The van der Waals surface area contributed by atoms with Gasteiger partial charge in [-0.05, 0) is 11.5 Å². The molecule has 0 unspecified atom stereocenters. The summed E-state index contributed by atoms with van der Waals surface area (Å²) >= 11 is 3.60. The predicted octanol–water partition coefficient (Wildman–Crippen LogP) is 1.96. The van der Waals surface area contributed by atoms with Crippen LogP contribution in [0.15, 0.2) is 47.4 Å². The SMILES string of the molecule is O=S(=O)(NS)c1cccc2ccccc12. The van der Waals surface area contributed by atoms with Crippen LogP contribution in [-0.2, 0) is 10.0 Å². The summed E-state index contributed by atoms with van der Waals surface area (Å²) in [6.45, 7) is 0. The Morgan fingerprint density at radius 3 is 2.40 bits per heavy atom. The van der Waals surface area contributed by atoms with E-state index in [4.69, 9.17) is 0 Å². The molecule has 0 bridgehead atoms. The normalized spacial score (nSPS) is 11.8. The molecule has 0 spiro atoms. The topological polar surface area (TPSA) is 46.2 Å². The van der Waals surface area contributed by atoms with E-state index in [9.17, 15) is 8.42 Å². The molecular formula is C10H9NO2S2. The maximum absolute atomic E-state index is 11.6. The molecule has 2 aromatic rings. The molecule has 0 radical (unpaired) electrons. The Hall–Kier alpha value is -1.04. The third-order valence-electron chi connectivity index (χ3n) is 2.16. The molecule has 0 aromatic heterocycles. The fourth-order valence-corrected chi connectivity index (χ4v) is 2.61. The summed E-state index contributed by atoms with van der Waals surface area (Å²) in [5, 5.41) is 1.59. The second-order valence-corrected chi connectivity index (χ2v) is 5.25. The molecule has 0 heterocycles. The zero-order valence-electron chi connectivity index (χ0n) is 7.71. The molecule has 3 nitrogen and oxygen atoms in total. The third kappa shape index (κ3) is 1.86. The maximum Gasteiger partial charge on any atom is 0.250 e. The van der Waals surface area contributed by atoms with Crippen molar-refractivity contribution in [3.8, 4) is 0 Å². The number of hydrogen-bond acceptors (Lipinski definition) is 3. The Morgan fingerprint density at radius 2 is 1.67 bits per heavy atom. The molecule has 0 fully saturated rings. The standard InChI is InChI=1S/C10H9NO2S2/c12-15(13,11-14)10-7-3-5-8-4-1-2-6-9(8)10/h1-7,11,14H. The minimum atomic E-state index is -3.51. The fourth-order valence-electron chi connectivity index (χ4n) is 1.48. The maximum atomic E-state index is 11.6. The Kier molecular flexibility index (Phi) is 2.68. The third-order valence-corrected chi connectivity index (χ3v) is 4.06. The van der Waals surface area contributed by atoms with Gasteiger partial charge in [-0.25, -0.2) is 8.42 Å². The molecule has 0 saturated carbocycles. The van der Waals surface area contributed by atoms with Crippen LogP contribution in [0.4, 0.5) is 0 Å². The second kappa shape index (κ2) is 3.84. The van der Waals surface area contributed by atoms with E-state index in [1.165, 1.54) is 0 Å². The van der Waals surface area contributed by atoms with Gasteiger partial charge in [-0.15, -0.1) is 0 Å². The summed E-state index contributed by atoms with van der Waals surface area (Å²) in [6, 6.07) is 12.4. The number of rotatable bonds is 2. The van der Waals surface area contributed by atoms with Crippen molar-refractivity contribution in [3.63, 3.8) is 0 Å². The second-order valence-electron chi connectivity index (χ2n) is 3.07. The Bertz CT molecular complexity index is 588. The Labute approximate surface area is 93.7 Å². The molecule has 15 heavy (non-hydrogen) atoms. The molecule has 5 heteroatoms. The molecule has 1 N–H and O–H groups in total. The summed E-state index contributed by atoms with van der Waals surface area (Å²) in [4.78, 5) is 0.246. The molecule has 78 valence electrons. The molecular weight excluding hydrogens is 230 g/mol. The van der Waals surface area contributed by atoms with Crippen molar-refractivity contribution in [3.05, 3.63) is 42.5 Å². The van der Waals surface area contributed by atoms with Gasteiger partial charge >= 0.3 is 0 Å². The minimum Gasteiger partial charge on any atom is -0.206 e. The average molecular weight is 239 g/mol. The molecule has 0 saturated heterocycles. The van der Waals surface area contributed by atoms with E-state index in [-0.39, 0.29) is 4.90 Å². The van der Waals surface area contributed by atoms with E-state index < -0.39 is 10.0 Å². The van der Waals surface area contributed by atoms with Crippen molar-refractivity contribution in [2.75, 3.05) is 0 Å². The molecule has 0 aliphatic heterocycles. The van der Waals surface area contributed by atoms with Crippen molar-refractivity contribution in [1.29, 1.82) is 0 Å². The van der Waals surface area contributed by atoms with E-state index in [2.05, 4.69) is 12.8 Å². The first-order valence-electron chi connectivity index (χ1n) is 4.29. The van der Waals surface area contributed by atoms with Crippen molar-refractivity contribution in [2.45, 2.75) is 4.90 Å². The van der Waals surface area contributed by atoms with Crippen LogP contribution in [0.25, 0.3) is 10.8 Å². The van der Waals surface area contributed by atoms with Crippen LogP contribution in [0.2, 0.25) is 0 Å². The van der Waals surface area contributed by atoms with Crippen LogP contribution < -0.4 is 4.13 Å². The summed E-state index contributed by atoms with van der Waals surface area (Å²) < 4.78 is 25.3. The van der Waals surface area contributed by atoms with Gasteiger partial charge in [0.25, 0.3) is 0 Å². The molecule has 2 aromatic carbocycles. The van der Waals surface area contributed by atoms with Crippen LogP contribution in [0.3, 0.4) is 0 Å². The first-order chi connectivity index (χ1) is 7.15. The highest BCUT2D eigenvalue weighted by molar-refractivity contribution is 8.00. The number of benzene rings is 2. The van der Waals surface area contributed by atoms with Gasteiger partial charge in [-0.3, -0.25) is 0 Å². The zero-order chi connectivity index (χ0) is 10.9. The van der Waals surface area contributed by atoms with E-state index in [0.29, 0.717) is 5.39 Å². The summed E-state index contributed by atoms with van der Waals surface area (Å²) in [5.74, 6) is 0. The highest BCUT2D eigenvalue weighted by Gasteiger charge is 2.14. The fraction of sp³-hybridized carbons (Fsp3) is 0. The largest absolute Gasteiger partial charge is 0.250 e. The number of fused-ring (bicyclic) bond motifs is 1. The van der Waals surface area contributed by atoms with Crippen LogP contribution in [-0.4, -0.2) is 8.42 Å². The van der Waals surface area contributed by atoms with Gasteiger partial charge in [0.15, 0.2) is 0 Å². The van der Waals surface area contributed by atoms with E-state index >= 15 is 0 Å². The lowest BCUT2D eigenvalue weighted by Crippen LogP contribution is -2.13. The number of hydrogen-bond donors (Lipinski definition) is 2. The monoisotopic (exact) mass is 239 g/mol. The Balaban J connectivity index is 2.83. The van der Waals surface area contributed by atoms with Crippen molar-refractivity contribution in [2.24, 2.45) is 0 Å². The van der Waals surface area contributed by atoms with Crippen molar-refractivity contribution < 1.29 is 8.42 Å². The Morgan fingerprint density at radius 1 is 1.00 bits per heavy atom. The average Bonchev–Trinajstić information content (AvgIpc) is 2.28. The van der Waals surface area contributed by atoms with Gasteiger partial charge in [0.05, 0.1) is 4.90 Å². The van der Waals surface area contributed by atoms with Crippen molar-refractivity contribution in [1.82, 2.24) is 4.13 Å². The first-order valence-corrected chi connectivity index (χ1v) is 6.22. The molecule has 2 rings (SSSR count). The van der Waals surface area contributed by atoms with Crippen LogP contribution in [0, 0.1) is 0 Å². The van der Waals surface area contributed by atoms with Gasteiger partial charge in [-0.2, -0.15) is 4.13 Å². The van der Waals surface area contributed by atoms with Crippen LogP contribution in [0.5, 0.6) is 0 Å². The molecule has 0 aliphatic carbocycles.